The molecule has 0 aliphatic rings. The summed E-state index contributed by atoms with van der Waals surface area (Å²) in [4.78, 5) is 7.80. The normalized spacial score (nSPS) is 11.4. The average molecular weight is 296 g/mol. The maximum Gasteiger partial charge on any atom is 0.260 e. The Kier molecular flexibility index (Phi) is 4.64. The Bertz CT molecular complexity index is 641. The van der Waals surface area contributed by atoms with E-state index in [0.717, 1.165) is 6.42 Å². The molecule has 8 nitrogen and oxygen atoms in total. The lowest BCUT2D eigenvalue weighted by Gasteiger charge is -2.11. The van der Waals surface area contributed by atoms with Crippen LogP contribution in [0, 0.1) is 0 Å². The summed E-state index contributed by atoms with van der Waals surface area (Å²) >= 11 is 0. The van der Waals surface area contributed by atoms with Crippen LogP contribution in [0.1, 0.15) is 19.2 Å². The quantitative estimate of drug-likeness (QED) is 0.686. The molecule has 0 unspecified atom stereocenters. The van der Waals surface area contributed by atoms with Crippen LogP contribution in [0.3, 0.4) is 0 Å². The van der Waals surface area contributed by atoms with Gasteiger partial charge in [0.2, 0.25) is 0 Å². The van der Waals surface area contributed by atoms with Crippen LogP contribution in [0.25, 0.3) is 0 Å². The van der Waals surface area contributed by atoms with E-state index in [9.17, 15) is 8.42 Å². The summed E-state index contributed by atoms with van der Waals surface area (Å²) in [6, 6.07) is 3.37. The summed E-state index contributed by atoms with van der Waals surface area (Å²) in [7, 11) is -3.71. The number of H-pyrrole nitrogens is 1. The second kappa shape index (κ2) is 6.44. The molecule has 2 aromatic rings. The zero-order valence-corrected chi connectivity index (χ0v) is 11.8. The molecule has 0 aliphatic heterocycles. The summed E-state index contributed by atoms with van der Waals surface area (Å²) in [6.45, 7) is 2.71. The first-order valence-corrected chi connectivity index (χ1v) is 7.64. The fourth-order valence-corrected chi connectivity index (χ4v) is 2.64. The first-order valence-electron chi connectivity index (χ1n) is 6.16. The van der Waals surface area contributed by atoms with Crippen molar-refractivity contribution in [3.8, 4) is 0 Å². The van der Waals surface area contributed by atoms with Crippen LogP contribution in [0.2, 0.25) is 0 Å². The monoisotopic (exact) mass is 296 g/mol. The third-order valence-corrected chi connectivity index (χ3v) is 3.84. The number of sulfonamides is 1. The zero-order chi connectivity index (χ0) is 14.4. The van der Waals surface area contributed by atoms with E-state index in [1.807, 2.05) is 6.92 Å². The Morgan fingerprint density at radius 2 is 2.20 bits per heavy atom. The first kappa shape index (κ1) is 14.4. The van der Waals surface area contributed by atoms with Gasteiger partial charge in [0.05, 0.1) is 12.2 Å². The number of anilines is 1. The van der Waals surface area contributed by atoms with E-state index >= 15 is 0 Å². The molecular weight excluding hydrogens is 280 g/mol. The third-order valence-electron chi connectivity index (χ3n) is 2.49. The van der Waals surface area contributed by atoms with Gasteiger partial charge in [-0.25, -0.2) is 23.1 Å². The molecule has 20 heavy (non-hydrogen) atoms. The molecule has 2 rings (SSSR count). The van der Waals surface area contributed by atoms with Crippen molar-refractivity contribution in [2.75, 3.05) is 11.9 Å². The Morgan fingerprint density at radius 3 is 2.90 bits per heavy atom. The summed E-state index contributed by atoms with van der Waals surface area (Å²) in [6.07, 6.45) is 3.65. The van der Waals surface area contributed by atoms with Gasteiger partial charge in [-0.15, -0.1) is 0 Å². The van der Waals surface area contributed by atoms with E-state index in [1.54, 1.807) is 12.1 Å². The molecule has 0 bridgehead atoms. The fraction of sp³-hybridized carbons (Fsp3) is 0.364. The second-order valence-corrected chi connectivity index (χ2v) is 5.72. The number of aromatic amines is 1. The predicted molar refractivity (Wildman–Crippen MR) is 73.4 cm³/mol. The summed E-state index contributed by atoms with van der Waals surface area (Å²) < 4.78 is 26.9. The molecule has 0 saturated heterocycles. The third kappa shape index (κ3) is 3.52. The van der Waals surface area contributed by atoms with Gasteiger partial charge in [0.25, 0.3) is 10.0 Å². The topological polar surface area (TPSA) is 113 Å². The van der Waals surface area contributed by atoms with Crippen molar-refractivity contribution >= 4 is 15.7 Å². The van der Waals surface area contributed by atoms with E-state index in [4.69, 9.17) is 0 Å². The molecule has 0 atom stereocenters. The van der Waals surface area contributed by atoms with Crippen LogP contribution in [-0.4, -0.2) is 35.1 Å². The molecule has 3 N–H and O–H groups in total. The van der Waals surface area contributed by atoms with Gasteiger partial charge in [-0.2, -0.15) is 5.10 Å². The fourth-order valence-electron chi connectivity index (χ4n) is 1.55. The van der Waals surface area contributed by atoms with Gasteiger partial charge >= 0.3 is 0 Å². The van der Waals surface area contributed by atoms with Crippen molar-refractivity contribution < 1.29 is 8.42 Å². The molecule has 9 heteroatoms. The Morgan fingerprint density at radius 1 is 1.35 bits per heavy atom. The van der Waals surface area contributed by atoms with Crippen LogP contribution in [0.5, 0.6) is 0 Å². The molecule has 2 heterocycles. The highest BCUT2D eigenvalue weighted by atomic mass is 32.2. The van der Waals surface area contributed by atoms with Crippen molar-refractivity contribution in [3.05, 3.63) is 30.5 Å². The van der Waals surface area contributed by atoms with Crippen molar-refractivity contribution in [2.45, 2.75) is 24.9 Å². The van der Waals surface area contributed by atoms with Gasteiger partial charge in [0, 0.05) is 12.7 Å². The number of pyridine rings is 1. The Labute approximate surface area is 117 Å². The molecule has 0 aliphatic carbocycles. The number of rotatable bonds is 7. The van der Waals surface area contributed by atoms with E-state index in [-0.39, 0.29) is 11.6 Å². The van der Waals surface area contributed by atoms with Gasteiger partial charge in [0.15, 0.2) is 5.03 Å². The van der Waals surface area contributed by atoms with E-state index in [0.29, 0.717) is 18.1 Å². The van der Waals surface area contributed by atoms with Crippen LogP contribution in [0.15, 0.2) is 29.7 Å². The van der Waals surface area contributed by atoms with Gasteiger partial charge in [-0.05, 0) is 18.6 Å². The predicted octanol–water partition coefficient (Wildman–Crippen LogP) is 0.500. The molecule has 0 saturated carbocycles. The lowest BCUT2D eigenvalue weighted by molar-refractivity contribution is 0.576. The number of nitrogens with zero attached hydrogens (tertiary/aromatic N) is 3. The maximum atomic E-state index is 12.2. The second-order valence-electron chi connectivity index (χ2n) is 4.04. The van der Waals surface area contributed by atoms with Crippen molar-refractivity contribution in [2.24, 2.45) is 0 Å². The highest BCUT2D eigenvalue weighted by Crippen LogP contribution is 2.17. The lowest BCUT2D eigenvalue weighted by atomic mass is 10.4. The minimum atomic E-state index is -3.71. The average Bonchev–Trinajstić information content (AvgIpc) is 2.97. The Balaban J connectivity index is 2.16. The SMILES string of the molecule is CCCNc1cccnc1S(=O)(=O)NCc1ncn[nH]1. The van der Waals surface area contributed by atoms with Crippen LogP contribution < -0.4 is 10.0 Å². The van der Waals surface area contributed by atoms with Crippen LogP contribution in [0.4, 0.5) is 5.69 Å². The maximum absolute atomic E-state index is 12.2. The molecule has 0 aromatic carbocycles. The van der Waals surface area contributed by atoms with Crippen LogP contribution in [-0.2, 0) is 16.6 Å². The number of hydrogen-bond acceptors (Lipinski definition) is 6. The molecular formula is C11H16N6O2S. The minimum Gasteiger partial charge on any atom is -0.383 e. The van der Waals surface area contributed by atoms with Gasteiger partial charge in [-0.3, -0.25) is 5.10 Å². The number of hydrogen-bond donors (Lipinski definition) is 3. The first-order chi connectivity index (χ1) is 9.63. The van der Waals surface area contributed by atoms with Crippen molar-refractivity contribution in [1.82, 2.24) is 24.9 Å². The molecule has 0 spiro atoms. The zero-order valence-electron chi connectivity index (χ0n) is 11.0. The highest BCUT2D eigenvalue weighted by molar-refractivity contribution is 7.89. The van der Waals surface area contributed by atoms with Crippen LogP contribution >= 0.6 is 0 Å². The molecule has 0 radical (unpaired) electrons. The number of aromatic nitrogens is 4. The largest absolute Gasteiger partial charge is 0.383 e. The lowest BCUT2D eigenvalue weighted by Crippen LogP contribution is -2.25. The summed E-state index contributed by atoms with van der Waals surface area (Å²) in [5.41, 5.74) is 0.486. The molecule has 2 aromatic heterocycles. The van der Waals surface area contributed by atoms with E-state index in [1.165, 1.54) is 12.5 Å². The van der Waals surface area contributed by atoms with E-state index < -0.39 is 10.0 Å². The summed E-state index contributed by atoms with van der Waals surface area (Å²) in [5, 5.41) is 9.27. The van der Waals surface area contributed by atoms with Gasteiger partial charge in [0.1, 0.15) is 12.2 Å². The van der Waals surface area contributed by atoms with Gasteiger partial charge in [-0.1, -0.05) is 6.92 Å². The van der Waals surface area contributed by atoms with Gasteiger partial charge < -0.3 is 5.32 Å². The molecule has 108 valence electrons. The standard InChI is InChI=1S/C11H16N6O2S/c1-2-5-12-9-4-3-6-13-11(9)20(18,19)16-7-10-14-8-15-17-10/h3-4,6,8,12,16H,2,5,7H2,1H3,(H,14,15,17). The summed E-state index contributed by atoms with van der Waals surface area (Å²) in [5.74, 6) is 0.438. The highest BCUT2D eigenvalue weighted by Gasteiger charge is 2.20. The minimum absolute atomic E-state index is 0.0204. The smallest absolute Gasteiger partial charge is 0.260 e. The van der Waals surface area contributed by atoms with Crippen molar-refractivity contribution in [1.29, 1.82) is 0 Å². The molecule has 0 amide bonds. The van der Waals surface area contributed by atoms with E-state index in [2.05, 4.69) is 30.2 Å². The van der Waals surface area contributed by atoms with Crippen molar-refractivity contribution in [3.63, 3.8) is 0 Å². The molecule has 0 fully saturated rings. The Hall–Kier alpha value is -2.00. The number of nitrogens with one attached hydrogen (secondary N) is 3.